The maximum Gasteiger partial charge on any atom is 0.472 e. The molecule has 0 radical (unpaired) electrons. The van der Waals surface area contributed by atoms with Crippen LogP contribution in [0.2, 0.25) is 0 Å². The second-order valence-corrected chi connectivity index (χ2v) is 28.1. The standard InChI is InChI=1S/C67H130O17P2/c1-7-9-11-13-15-17-19-21-23-25-27-29-37-43-49-64(69)77-55-62(83-66(71)51-45-39-30-28-26-24-22-20-18-16-14-12-10-8-2)57-81-85(73,74)79-53-61(68)54-80-86(75,76)82-58-63(84-67(72)52-46-40-34-32-36-42-48-60(5)6)56-78-65(70)50-44-38-33-31-35-41-47-59(3)4/h59-63,68H,7-58H2,1-6H3,(H,73,74)(H,75,76)/t61-,62-,63-/m1/s1. The molecule has 3 N–H and O–H groups in total. The third-order valence-electron chi connectivity index (χ3n) is 15.5. The maximum atomic E-state index is 13.0. The summed E-state index contributed by atoms with van der Waals surface area (Å²) in [5.74, 6) is -0.784. The summed E-state index contributed by atoms with van der Waals surface area (Å²) in [6.07, 6.45) is 43.3. The van der Waals surface area contributed by atoms with Crippen molar-refractivity contribution in [1.29, 1.82) is 0 Å². The maximum absolute atomic E-state index is 13.0. The first kappa shape index (κ1) is 84.1. The molecule has 0 aliphatic rings. The lowest BCUT2D eigenvalue weighted by molar-refractivity contribution is -0.161. The van der Waals surface area contributed by atoms with Crippen LogP contribution in [0.4, 0.5) is 0 Å². The predicted molar refractivity (Wildman–Crippen MR) is 345 cm³/mol. The molecule has 0 rings (SSSR count). The third kappa shape index (κ3) is 60.9. The highest BCUT2D eigenvalue weighted by atomic mass is 31.2. The van der Waals surface area contributed by atoms with Crippen LogP contribution in [-0.2, 0) is 65.4 Å². The smallest absolute Gasteiger partial charge is 0.462 e. The van der Waals surface area contributed by atoms with E-state index < -0.39 is 97.5 Å². The Balaban J connectivity index is 5.23. The summed E-state index contributed by atoms with van der Waals surface area (Å²) >= 11 is 0. The van der Waals surface area contributed by atoms with Crippen molar-refractivity contribution >= 4 is 39.5 Å². The Morgan fingerprint density at radius 3 is 0.791 bits per heavy atom. The molecule has 0 aromatic heterocycles. The lowest BCUT2D eigenvalue weighted by Gasteiger charge is -2.21. The number of hydrogen-bond donors (Lipinski definition) is 3. The van der Waals surface area contributed by atoms with Gasteiger partial charge in [0.15, 0.2) is 12.2 Å². The summed E-state index contributed by atoms with van der Waals surface area (Å²) < 4.78 is 68.1. The quantitative estimate of drug-likeness (QED) is 0.0222. The molecule has 0 bridgehead atoms. The van der Waals surface area contributed by atoms with Crippen molar-refractivity contribution in [3.8, 4) is 0 Å². The fourth-order valence-corrected chi connectivity index (χ4v) is 11.6. The molecule has 0 amide bonds. The molecule has 0 aromatic carbocycles. The Labute approximate surface area is 524 Å². The molecule has 0 saturated carbocycles. The molecule has 0 fully saturated rings. The molecule has 0 aliphatic carbocycles. The Hall–Kier alpha value is -1.94. The van der Waals surface area contributed by atoms with Gasteiger partial charge in [0.2, 0.25) is 0 Å². The van der Waals surface area contributed by atoms with Crippen LogP contribution in [0, 0.1) is 11.8 Å². The number of phosphoric acid groups is 2. The van der Waals surface area contributed by atoms with Crippen LogP contribution < -0.4 is 0 Å². The zero-order valence-corrected chi connectivity index (χ0v) is 57.4. The number of ether oxygens (including phenoxy) is 4. The number of carbonyl (C=O) groups is 4. The van der Waals surface area contributed by atoms with E-state index in [9.17, 15) is 43.2 Å². The van der Waals surface area contributed by atoms with E-state index in [2.05, 4.69) is 41.5 Å². The van der Waals surface area contributed by atoms with E-state index in [1.54, 1.807) is 0 Å². The molecule has 86 heavy (non-hydrogen) atoms. The molecule has 17 nitrogen and oxygen atoms in total. The number of carbonyl (C=O) groups excluding carboxylic acids is 4. The van der Waals surface area contributed by atoms with E-state index in [1.165, 1.54) is 148 Å². The van der Waals surface area contributed by atoms with Gasteiger partial charge in [0.05, 0.1) is 26.4 Å². The minimum Gasteiger partial charge on any atom is -0.462 e. The predicted octanol–water partition coefficient (Wildman–Crippen LogP) is 18.8. The van der Waals surface area contributed by atoms with Crippen LogP contribution in [0.1, 0.15) is 337 Å². The number of aliphatic hydroxyl groups is 1. The van der Waals surface area contributed by atoms with E-state index >= 15 is 0 Å². The van der Waals surface area contributed by atoms with Crippen LogP contribution in [-0.4, -0.2) is 96.7 Å². The second-order valence-electron chi connectivity index (χ2n) is 25.2. The van der Waals surface area contributed by atoms with E-state index in [4.69, 9.17) is 37.0 Å². The van der Waals surface area contributed by atoms with Crippen LogP contribution in [0.5, 0.6) is 0 Å². The number of hydrogen-bond acceptors (Lipinski definition) is 15. The summed E-state index contributed by atoms with van der Waals surface area (Å²) in [5, 5.41) is 10.6. The lowest BCUT2D eigenvalue weighted by Crippen LogP contribution is -2.30. The fourth-order valence-electron chi connectivity index (χ4n) is 10.1. The normalized spacial score (nSPS) is 14.2. The first-order valence-electron chi connectivity index (χ1n) is 35.0. The molecule has 0 spiro atoms. The topological polar surface area (TPSA) is 237 Å². The van der Waals surface area contributed by atoms with Crippen molar-refractivity contribution in [2.75, 3.05) is 39.6 Å². The van der Waals surface area contributed by atoms with Gasteiger partial charge in [-0.2, -0.15) is 0 Å². The summed E-state index contributed by atoms with van der Waals surface area (Å²) in [6.45, 7) is 9.35. The number of phosphoric ester groups is 2. The SMILES string of the molecule is CCCCCCCCCCCCCCCCC(=O)OC[C@H](COP(=O)(O)OC[C@@H](O)COP(=O)(O)OC[C@@H](COC(=O)CCCCCCCCC(C)C)OC(=O)CCCCCCCCC(C)C)OC(=O)CCCCCCCCCCCCCCCC. The van der Waals surface area contributed by atoms with Crippen LogP contribution >= 0.6 is 15.6 Å². The zero-order chi connectivity index (χ0) is 63.6. The van der Waals surface area contributed by atoms with E-state index in [-0.39, 0.29) is 25.7 Å². The van der Waals surface area contributed by atoms with E-state index in [0.29, 0.717) is 37.5 Å². The highest BCUT2D eigenvalue weighted by Gasteiger charge is 2.30. The molecule has 0 aromatic rings. The Kier molecular flexibility index (Phi) is 58.0. The molecular formula is C67H130O17P2. The van der Waals surface area contributed by atoms with Gasteiger partial charge in [0.1, 0.15) is 19.3 Å². The number of unbranched alkanes of at least 4 members (excludes halogenated alkanes) is 36. The van der Waals surface area contributed by atoms with Crippen LogP contribution in [0.25, 0.3) is 0 Å². The molecule has 510 valence electrons. The lowest BCUT2D eigenvalue weighted by atomic mass is 10.0. The van der Waals surface area contributed by atoms with Gasteiger partial charge in [0, 0.05) is 25.7 Å². The minimum absolute atomic E-state index is 0.101. The molecule has 5 atom stereocenters. The minimum atomic E-state index is -4.95. The van der Waals surface area contributed by atoms with Gasteiger partial charge in [0.25, 0.3) is 0 Å². The molecule has 0 saturated heterocycles. The van der Waals surface area contributed by atoms with Gasteiger partial charge in [-0.15, -0.1) is 0 Å². The van der Waals surface area contributed by atoms with Gasteiger partial charge in [-0.05, 0) is 37.5 Å². The molecule has 2 unspecified atom stereocenters. The van der Waals surface area contributed by atoms with Crippen molar-refractivity contribution in [2.45, 2.75) is 355 Å². The summed E-state index contributed by atoms with van der Waals surface area (Å²) in [5.41, 5.74) is 0. The second kappa shape index (κ2) is 59.4. The highest BCUT2D eigenvalue weighted by molar-refractivity contribution is 7.47. The van der Waals surface area contributed by atoms with Crippen LogP contribution in [0.15, 0.2) is 0 Å². The Bertz CT molecular complexity index is 1680. The molecular weight excluding hydrogens is 1140 g/mol. The fraction of sp³-hybridized carbons (Fsp3) is 0.940. The van der Waals surface area contributed by atoms with Crippen molar-refractivity contribution < 1.29 is 80.2 Å². The Morgan fingerprint density at radius 1 is 0.314 bits per heavy atom. The van der Waals surface area contributed by atoms with Gasteiger partial charge >= 0.3 is 39.5 Å². The van der Waals surface area contributed by atoms with Crippen LogP contribution in [0.3, 0.4) is 0 Å². The van der Waals surface area contributed by atoms with Crippen molar-refractivity contribution in [2.24, 2.45) is 11.8 Å². The van der Waals surface area contributed by atoms with Crippen molar-refractivity contribution in [3.05, 3.63) is 0 Å². The molecule has 0 heterocycles. The van der Waals surface area contributed by atoms with Gasteiger partial charge in [-0.25, -0.2) is 9.13 Å². The molecule has 0 aliphatic heterocycles. The monoisotopic (exact) mass is 1270 g/mol. The van der Waals surface area contributed by atoms with Crippen molar-refractivity contribution in [1.82, 2.24) is 0 Å². The third-order valence-corrected chi connectivity index (χ3v) is 17.4. The average Bonchev–Trinajstić information content (AvgIpc) is 3.63. The van der Waals surface area contributed by atoms with Gasteiger partial charge in [-0.3, -0.25) is 37.3 Å². The van der Waals surface area contributed by atoms with Gasteiger partial charge < -0.3 is 33.8 Å². The Morgan fingerprint density at radius 2 is 0.535 bits per heavy atom. The highest BCUT2D eigenvalue weighted by Crippen LogP contribution is 2.45. The summed E-state index contributed by atoms with van der Waals surface area (Å²) in [7, 11) is -9.89. The number of esters is 4. The zero-order valence-electron chi connectivity index (χ0n) is 55.6. The summed E-state index contributed by atoms with van der Waals surface area (Å²) in [4.78, 5) is 72.3. The number of rotatable bonds is 66. The largest absolute Gasteiger partial charge is 0.472 e. The van der Waals surface area contributed by atoms with Gasteiger partial charge in [-0.1, -0.05) is 286 Å². The van der Waals surface area contributed by atoms with Crippen molar-refractivity contribution in [3.63, 3.8) is 0 Å². The summed E-state index contributed by atoms with van der Waals surface area (Å²) in [6, 6.07) is 0. The van der Waals surface area contributed by atoms with E-state index in [0.717, 1.165) is 96.3 Å². The first-order valence-corrected chi connectivity index (χ1v) is 38.0. The first-order chi connectivity index (χ1) is 41.4. The average molecular weight is 1270 g/mol. The van der Waals surface area contributed by atoms with E-state index in [1.807, 2.05) is 0 Å². The number of aliphatic hydroxyl groups excluding tert-OH is 1. The molecule has 19 heteroatoms.